The van der Waals surface area contributed by atoms with E-state index in [1.165, 1.54) is 6.20 Å². The number of carbonyl (C=O) groups is 1. The molecule has 0 aliphatic rings. The number of aryl methyl sites for hydroxylation is 1. The molecule has 3 rings (SSSR count). The lowest BCUT2D eigenvalue weighted by Crippen LogP contribution is -2.07. The van der Waals surface area contributed by atoms with E-state index in [2.05, 4.69) is 10.1 Å². The SMILES string of the molecule is CCc1c(C(=O)O)cnn1-c1c(C)ccc2ncccc12. The second-order valence-electron chi connectivity index (χ2n) is 4.88. The van der Waals surface area contributed by atoms with E-state index in [1.54, 1.807) is 10.9 Å². The Morgan fingerprint density at radius 3 is 2.86 bits per heavy atom. The zero-order chi connectivity index (χ0) is 15.0. The lowest BCUT2D eigenvalue weighted by atomic mass is 10.1. The van der Waals surface area contributed by atoms with Gasteiger partial charge in [0, 0.05) is 11.6 Å². The fourth-order valence-corrected chi connectivity index (χ4v) is 2.61. The van der Waals surface area contributed by atoms with Gasteiger partial charge in [0.2, 0.25) is 0 Å². The Morgan fingerprint density at radius 1 is 1.33 bits per heavy atom. The Morgan fingerprint density at radius 2 is 2.14 bits per heavy atom. The smallest absolute Gasteiger partial charge is 0.339 e. The van der Waals surface area contributed by atoms with E-state index in [0.29, 0.717) is 12.1 Å². The molecule has 0 amide bonds. The molecule has 0 saturated carbocycles. The number of hydrogen-bond acceptors (Lipinski definition) is 3. The molecule has 0 unspecified atom stereocenters. The van der Waals surface area contributed by atoms with Gasteiger partial charge in [-0.25, -0.2) is 9.48 Å². The van der Waals surface area contributed by atoms with Crippen LogP contribution in [0, 0.1) is 6.92 Å². The first-order valence-corrected chi connectivity index (χ1v) is 6.78. The number of hydrogen-bond donors (Lipinski definition) is 1. The molecule has 21 heavy (non-hydrogen) atoms. The van der Waals surface area contributed by atoms with Gasteiger partial charge in [-0.05, 0) is 37.1 Å². The first-order valence-electron chi connectivity index (χ1n) is 6.78. The summed E-state index contributed by atoms with van der Waals surface area (Å²) in [5.74, 6) is -0.950. The van der Waals surface area contributed by atoms with Crippen LogP contribution in [0.4, 0.5) is 0 Å². The maximum Gasteiger partial charge on any atom is 0.339 e. The summed E-state index contributed by atoms with van der Waals surface area (Å²) in [4.78, 5) is 15.7. The van der Waals surface area contributed by atoms with Crippen LogP contribution in [0.2, 0.25) is 0 Å². The second-order valence-corrected chi connectivity index (χ2v) is 4.88. The Balaban J connectivity index is 2.35. The Labute approximate surface area is 121 Å². The predicted octanol–water partition coefficient (Wildman–Crippen LogP) is 2.99. The Kier molecular flexibility index (Phi) is 3.17. The van der Waals surface area contributed by atoms with Crippen molar-refractivity contribution in [2.24, 2.45) is 0 Å². The highest BCUT2D eigenvalue weighted by molar-refractivity contribution is 5.91. The maximum atomic E-state index is 11.3. The first-order chi connectivity index (χ1) is 10.1. The van der Waals surface area contributed by atoms with Crippen molar-refractivity contribution in [1.82, 2.24) is 14.8 Å². The van der Waals surface area contributed by atoms with Crippen LogP contribution in [0.3, 0.4) is 0 Å². The summed E-state index contributed by atoms with van der Waals surface area (Å²) >= 11 is 0. The van der Waals surface area contributed by atoms with Crippen LogP contribution in [0.1, 0.15) is 28.5 Å². The standard InChI is InChI=1S/C16H15N3O2/c1-3-14-12(16(20)21)9-18-19(14)15-10(2)6-7-13-11(15)5-4-8-17-13/h4-9H,3H2,1-2H3,(H,20,21). The highest BCUT2D eigenvalue weighted by Gasteiger charge is 2.18. The third kappa shape index (κ3) is 2.07. The Bertz CT molecular complexity index is 837. The van der Waals surface area contributed by atoms with Gasteiger partial charge in [-0.15, -0.1) is 0 Å². The summed E-state index contributed by atoms with van der Waals surface area (Å²) in [6.07, 6.45) is 3.75. The van der Waals surface area contributed by atoms with Crippen molar-refractivity contribution in [2.75, 3.05) is 0 Å². The van der Waals surface area contributed by atoms with E-state index in [0.717, 1.165) is 22.2 Å². The molecular weight excluding hydrogens is 266 g/mol. The van der Waals surface area contributed by atoms with Crippen molar-refractivity contribution in [3.05, 3.63) is 53.5 Å². The average Bonchev–Trinajstić information content (AvgIpc) is 2.90. The molecule has 2 aromatic heterocycles. The fourth-order valence-electron chi connectivity index (χ4n) is 2.61. The van der Waals surface area contributed by atoms with Gasteiger partial charge in [0.1, 0.15) is 5.56 Å². The van der Waals surface area contributed by atoms with Gasteiger partial charge in [0.05, 0.1) is 23.1 Å². The summed E-state index contributed by atoms with van der Waals surface area (Å²) in [6.45, 7) is 3.92. The number of benzene rings is 1. The van der Waals surface area contributed by atoms with E-state index < -0.39 is 5.97 Å². The van der Waals surface area contributed by atoms with Crippen molar-refractivity contribution < 1.29 is 9.90 Å². The molecular formula is C16H15N3O2. The normalized spacial score (nSPS) is 11.0. The number of fused-ring (bicyclic) bond motifs is 1. The Hall–Kier alpha value is -2.69. The summed E-state index contributed by atoms with van der Waals surface area (Å²) in [5.41, 5.74) is 3.74. The van der Waals surface area contributed by atoms with Crippen LogP contribution in [0.15, 0.2) is 36.7 Å². The van der Waals surface area contributed by atoms with Gasteiger partial charge in [0.15, 0.2) is 0 Å². The average molecular weight is 281 g/mol. The van der Waals surface area contributed by atoms with Crippen molar-refractivity contribution in [2.45, 2.75) is 20.3 Å². The maximum absolute atomic E-state index is 11.3. The van der Waals surface area contributed by atoms with Crippen LogP contribution in [-0.4, -0.2) is 25.8 Å². The van der Waals surface area contributed by atoms with E-state index in [-0.39, 0.29) is 5.56 Å². The lowest BCUT2D eigenvalue weighted by molar-refractivity contribution is 0.0695. The molecule has 106 valence electrons. The minimum absolute atomic E-state index is 0.248. The molecule has 2 heterocycles. The van der Waals surface area contributed by atoms with Gasteiger partial charge >= 0.3 is 5.97 Å². The second kappa shape index (κ2) is 5.01. The molecule has 0 saturated heterocycles. The van der Waals surface area contributed by atoms with E-state index in [9.17, 15) is 9.90 Å². The third-order valence-corrected chi connectivity index (χ3v) is 3.60. The molecule has 1 N–H and O–H groups in total. The van der Waals surface area contributed by atoms with Crippen molar-refractivity contribution in [1.29, 1.82) is 0 Å². The molecule has 0 atom stereocenters. The van der Waals surface area contributed by atoms with Crippen LogP contribution < -0.4 is 0 Å². The number of nitrogens with zero attached hydrogens (tertiary/aromatic N) is 3. The highest BCUT2D eigenvalue weighted by atomic mass is 16.4. The largest absolute Gasteiger partial charge is 0.478 e. The molecule has 1 aromatic carbocycles. The quantitative estimate of drug-likeness (QED) is 0.801. The minimum atomic E-state index is -0.950. The van der Waals surface area contributed by atoms with E-state index in [4.69, 9.17) is 0 Å². The molecule has 0 bridgehead atoms. The molecule has 0 radical (unpaired) electrons. The third-order valence-electron chi connectivity index (χ3n) is 3.60. The van der Waals surface area contributed by atoms with E-state index >= 15 is 0 Å². The van der Waals surface area contributed by atoms with Crippen molar-refractivity contribution in [3.63, 3.8) is 0 Å². The molecule has 3 aromatic rings. The number of carboxylic acids is 1. The molecule has 0 aliphatic heterocycles. The summed E-state index contributed by atoms with van der Waals surface area (Å²) in [6, 6.07) is 7.79. The van der Waals surface area contributed by atoms with Crippen LogP contribution in [0.5, 0.6) is 0 Å². The zero-order valence-corrected chi connectivity index (χ0v) is 11.9. The van der Waals surface area contributed by atoms with Gasteiger partial charge in [0.25, 0.3) is 0 Å². The molecule has 0 fully saturated rings. The summed E-state index contributed by atoms with van der Waals surface area (Å²) < 4.78 is 1.72. The van der Waals surface area contributed by atoms with Crippen LogP contribution in [-0.2, 0) is 6.42 Å². The first kappa shape index (κ1) is 13.3. The lowest BCUT2D eigenvalue weighted by Gasteiger charge is -2.13. The monoisotopic (exact) mass is 281 g/mol. The topological polar surface area (TPSA) is 68.0 Å². The summed E-state index contributed by atoms with van der Waals surface area (Å²) in [5, 5.41) is 14.5. The minimum Gasteiger partial charge on any atom is -0.478 e. The number of pyridine rings is 1. The van der Waals surface area contributed by atoms with Crippen LogP contribution >= 0.6 is 0 Å². The molecule has 5 heteroatoms. The van der Waals surface area contributed by atoms with Crippen LogP contribution in [0.25, 0.3) is 16.6 Å². The van der Waals surface area contributed by atoms with Gasteiger partial charge in [-0.2, -0.15) is 5.10 Å². The van der Waals surface area contributed by atoms with Crippen molar-refractivity contribution in [3.8, 4) is 5.69 Å². The molecule has 5 nitrogen and oxygen atoms in total. The fraction of sp³-hybridized carbons (Fsp3) is 0.188. The number of rotatable bonds is 3. The number of carboxylic acid groups (broad SMARTS) is 1. The van der Waals surface area contributed by atoms with Gasteiger partial charge in [-0.1, -0.05) is 13.0 Å². The van der Waals surface area contributed by atoms with E-state index in [1.807, 2.05) is 38.1 Å². The number of aromatic carboxylic acids is 1. The molecule has 0 aliphatic carbocycles. The van der Waals surface area contributed by atoms with Gasteiger partial charge < -0.3 is 5.11 Å². The number of aromatic nitrogens is 3. The molecule has 0 spiro atoms. The zero-order valence-electron chi connectivity index (χ0n) is 11.9. The summed E-state index contributed by atoms with van der Waals surface area (Å²) in [7, 11) is 0. The predicted molar refractivity (Wildman–Crippen MR) is 79.9 cm³/mol. The highest BCUT2D eigenvalue weighted by Crippen LogP contribution is 2.26. The van der Waals surface area contributed by atoms with Gasteiger partial charge in [-0.3, -0.25) is 4.98 Å². The van der Waals surface area contributed by atoms with Crippen molar-refractivity contribution >= 4 is 16.9 Å².